The molecule has 2 amide bonds. The van der Waals surface area contributed by atoms with Crippen molar-refractivity contribution < 1.29 is 19.5 Å². The standard InChI is InChI=1S/C17H30N2O4/c1-13(2)12-19(10-9-17(22)23)16(21)11-18-15(20)8-7-14-5-3-4-6-14/h13-14H,3-12H2,1-2H3,(H,18,20)(H,22,23). The van der Waals surface area contributed by atoms with E-state index in [2.05, 4.69) is 5.32 Å². The van der Waals surface area contributed by atoms with Crippen molar-refractivity contribution in [2.75, 3.05) is 19.6 Å². The Labute approximate surface area is 138 Å². The van der Waals surface area contributed by atoms with Crippen molar-refractivity contribution in [1.29, 1.82) is 0 Å². The van der Waals surface area contributed by atoms with Crippen molar-refractivity contribution in [2.45, 2.75) is 58.8 Å². The number of aliphatic carboxylic acids is 1. The minimum atomic E-state index is -0.924. The minimum Gasteiger partial charge on any atom is -0.481 e. The number of carbonyl (C=O) groups excluding carboxylic acids is 2. The number of amides is 2. The molecule has 6 heteroatoms. The third-order valence-electron chi connectivity index (χ3n) is 4.23. The smallest absolute Gasteiger partial charge is 0.305 e. The first-order chi connectivity index (χ1) is 10.9. The molecular weight excluding hydrogens is 296 g/mol. The normalized spacial score (nSPS) is 14.9. The molecule has 0 aliphatic heterocycles. The molecule has 0 aromatic rings. The highest BCUT2D eigenvalue weighted by atomic mass is 16.4. The molecule has 1 aliphatic rings. The van der Waals surface area contributed by atoms with E-state index in [9.17, 15) is 14.4 Å². The Morgan fingerprint density at radius 1 is 1.17 bits per heavy atom. The molecular formula is C17H30N2O4. The molecule has 2 N–H and O–H groups in total. The van der Waals surface area contributed by atoms with E-state index in [1.807, 2.05) is 13.8 Å². The van der Waals surface area contributed by atoms with Crippen LogP contribution in [0.3, 0.4) is 0 Å². The zero-order valence-corrected chi connectivity index (χ0v) is 14.3. The summed E-state index contributed by atoms with van der Waals surface area (Å²) in [6.45, 7) is 4.59. The third kappa shape index (κ3) is 8.57. The molecule has 0 bridgehead atoms. The molecule has 23 heavy (non-hydrogen) atoms. The second-order valence-electron chi connectivity index (χ2n) is 6.84. The lowest BCUT2D eigenvalue weighted by Crippen LogP contribution is -2.42. The monoisotopic (exact) mass is 326 g/mol. The van der Waals surface area contributed by atoms with E-state index in [1.54, 1.807) is 0 Å². The fourth-order valence-corrected chi connectivity index (χ4v) is 3.00. The van der Waals surface area contributed by atoms with E-state index in [4.69, 9.17) is 5.11 Å². The largest absolute Gasteiger partial charge is 0.481 e. The van der Waals surface area contributed by atoms with Gasteiger partial charge in [0.05, 0.1) is 13.0 Å². The van der Waals surface area contributed by atoms with Crippen LogP contribution in [0.2, 0.25) is 0 Å². The van der Waals surface area contributed by atoms with Crippen molar-refractivity contribution >= 4 is 17.8 Å². The van der Waals surface area contributed by atoms with Crippen molar-refractivity contribution in [1.82, 2.24) is 10.2 Å². The van der Waals surface area contributed by atoms with Gasteiger partial charge in [-0.15, -0.1) is 0 Å². The summed E-state index contributed by atoms with van der Waals surface area (Å²) in [5.41, 5.74) is 0. The van der Waals surface area contributed by atoms with Gasteiger partial charge in [0.1, 0.15) is 0 Å². The van der Waals surface area contributed by atoms with Crippen LogP contribution in [0.25, 0.3) is 0 Å². The highest BCUT2D eigenvalue weighted by Gasteiger charge is 2.18. The average molecular weight is 326 g/mol. The van der Waals surface area contributed by atoms with Crippen LogP contribution in [-0.4, -0.2) is 47.4 Å². The number of nitrogens with one attached hydrogen (secondary N) is 1. The van der Waals surface area contributed by atoms with Crippen molar-refractivity contribution in [3.05, 3.63) is 0 Å². The lowest BCUT2D eigenvalue weighted by Gasteiger charge is -2.24. The van der Waals surface area contributed by atoms with Crippen LogP contribution >= 0.6 is 0 Å². The second-order valence-corrected chi connectivity index (χ2v) is 6.84. The Kier molecular flexibility index (Phi) is 8.66. The van der Waals surface area contributed by atoms with Gasteiger partial charge in [-0.2, -0.15) is 0 Å². The van der Waals surface area contributed by atoms with Crippen molar-refractivity contribution in [2.24, 2.45) is 11.8 Å². The van der Waals surface area contributed by atoms with Crippen LogP contribution in [-0.2, 0) is 14.4 Å². The quantitative estimate of drug-likeness (QED) is 0.643. The zero-order chi connectivity index (χ0) is 17.2. The van der Waals surface area contributed by atoms with Gasteiger partial charge in [-0.3, -0.25) is 14.4 Å². The van der Waals surface area contributed by atoms with Crippen LogP contribution in [0.4, 0.5) is 0 Å². The molecule has 0 atom stereocenters. The molecule has 0 saturated heterocycles. The lowest BCUT2D eigenvalue weighted by molar-refractivity contribution is -0.139. The maximum Gasteiger partial charge on any atom is 0.305 e. The summed E-state index contributed by atoms with van der Waals surface area (Å²) in [5.74, 6) is -0.315. The van der Waals surface area contributed by atoms with Crippen LogP contribution in [0.15, 0.2) is 0 Å². The Morgan fingerprint density at radius 2 is 1.83 bits per heavy atom. The molecule has 0 aromatic carbocycles. The summed E-state index contributed by atoms with van der Waals surface area (Å²) in [7, 11) is 0. The molecule has 0 spiro atoms. The molecule has 132 valence electrons. The van der Waals surface area contributed by atoms with Crippen LogP contribution < -0.4 is 5.32 Å². The Hall–Kier alpha value is -1.59. The molecule has 1 saturated carbocycles. The summed E-state index contributed by atoms with van der Waals surface area (Å²) in [6.07, 6.45) is 6.24. The van der Waals surface area contributed by atoms with E-state index in [-0.39, 0.29) is 37.2 Å². The summed E-state index contributed by atoms with van der Waals surface area (Å²) in [4.78, 5) is 36.2. The summed E-state index contributed by atoms with van der Waals surface area (Å²) in [6, 6.07) is 0. The SMILES string of the molecule is CC(C)CN(CCC(=O)O)C(=O)CNC(=O)CCC1CCCC1. The summed E-state index contributed by atoms with van der Waals surface area (Å²) < 4.78 is 0. The first kappa shape index (κ1) is 19.5. The maximum absolute atomic E-state index is 12.2. The number of carboxylic acid groups (broad SMARTS) is 1. The van der Waals surface area contributed by atoms with Gasteiger partial charge in [-0.25, -0.2) is 0 Å². The Balaban J connectivity index is 2.31. The molecule has 0 aromatic heterocycles. The van der Waals surface area contributed by atoms with Gasteiger partial charge in [-0.05, 0) is 18.3 Å². The van der Waals surface area contributed by atoms with Gasteiger partial charge in [0, 0.05) is 19.5 Å². The van der Waals surface area contributed by atoms with E-state index in [1.165, 1.54) is 30.6 Å². The fraction of sp³-hybridized carbons (Fsp3) is 0.824. The minimum absolute atomic E-state index is 0.0458. The molecule has 6 nitrogen and oxygen atoms in total. The van der Waals surface area contributed by atoms with Gasteiger partial charge >= 0.3 is 5.97 Å². The second kappa shape index (κ2) is 10.2. The fourth-order valence-electron chi connectivity index (χ4n) is 3.00. The highest BCUT2D eigenvalue weighted by molar-refractivity contribution is 5.85. The molecule has 1 aliphatic carbocycles. The molecule has 1 rings (SSSR count). The van der Waals surface area contributed by atoms with Gasteiger partial charge in [-0.1, -0.05) is 39.5 Å². The van der Waals surface area contributed by atoms with E-state index < -0.39 is 5.97 Å². The van der Waals surface area contributed by atoms with Crippen LogP contribution in [0.1, 0.15) is 58.8 Å². The van der Waals surface area contributed by atoms with Gasteiger partial charge in [0.15, 0.2) is 0 Å². The Bertz CT molecular complexity index is 403. The van der Waals surface area contributed by atoms with Gasteiger partial charge in [0.25, 0.3) is 0 Å². The topological polar surface area (TPSA) is 86.7 Å². The molecule has 0 unspecified atom stereocenters. The molecule has 0 heterocycles. The van der Waals surface area contributed by atoms with Gasteiger partial charge in [0.2, 0.25) is 11.8 Å². The van der Waals surface area contributed by atoms with Crippen LogP contribution in [0, 0.1) is 11.8 Å². The van der Waals surface area contributed by atoms with Crippen LogP contribution in [0.5, 0.6) is 0 Å². The number of hydrogen-bond acceptors (Lipinski definition) is 3. The first-order valence-corrected chi connectivity index (χ1v) is 8.64. The van der Waals surface area contributed by atoms with Crippen molar-refractivity contribution in [3.8, 4) is 0 Å². The number of hydrogen-bond donors (Lipinski definition) is 2. The zero-order valence-electron chi connectivity index (χ0n) is 14.3. The lowest BCUT2D eigenvalue weighted by atomic mass is 10.0. The van der Waals surface area contributed by atoms with Crippen molar-refractivity contribution in [3.63, 3.8) is 0 Å². The molecule has 1 fully saturated rings. The number of carbonyl (C=O) groups is 3. The highest BCUT2D eigenvalue weighted by Crippen LogP contribution is 2.28. The Morgan fingerprint density at radius 3 is 2.39 bits per heavy atom. The predicted molar refractivity (Wildman–Crippen MR) is 87.9 cm³/mol. The van der Waals surface area contributed by atoms with E-state index in [0.29, 0.717) is 18.9 Å². The number of nitrogens with zero attached hydrogens (tertiary/aromatic N) is 1. The number of carboxylic acids is 1. The first-order valence-electron chi connectivity index (χ1n) is 8.64. The van der Waals surface area contributed by atoms with Gasteiger partial charge < -0.3 is 15.3 Å². The third-order valence-corrected chi connectivity index (χ3v) is 4.23. The molecule has 0 radical (unpaired) electrons. The predicted octanol–water partition coefficient (Wildman–Crippen LogP) is 2.03. The summed E-state index contributed by atoms with van der Waals surface area (Å²) >= 11 is 0. The summed E-state index contributed by atoms with van der Waals surface area (Å²) in [5, 5.41) is 11.4. The van der Waals surface area contributed by atoms with E-state index >= 15 is 0 Å². The van der Waals surface area contributed by atoms with E-state index in [0.717, 1.165) is 6.42 Å². The maximum atomic E-state index is 12.2. The number of rotatable bonds is 10. The average Bonchev–Trinajstić information content (AvgIpc) is 2.99.